The van der Waals surface area contributed by atoms with Crippen LogP contribution in [0.25, 0.3) is 11.4 Å². The summed E-state index contributed by atoms with van der Waals surface area (Å²) in [5.41, 5.74) is 2.78. The highest BCUT2D eigenvalue weighted by Gasteiger charge is 2.41. The number of fused-ring (bicyclic) bond motifs is 4. The average molecular weight is 417 g/mol. The van der Waals surface area contributed by atoms with Gasteiger partial charge in [0.2, 0.25) is 0 Å². The van der Waals surface area contributed by atoms with Gasteiger partial charge in [0.15, 0.2) is 5.82 Å². The van der Waals surface area contributed by atoms with Gasteiger partial charge in [-0.2, -0.15) is 9.98 Å². The van der Waals surface area contributed by atoms with Crippen LogP contribution in [0.2, 0.25) is 0 Å². The normalized spacial score (nSPS) is 20.8. The quantitative estimate of drug-likeness (QED) is 0.668. The summed E-state index contributed by atoms with van der Waals surface area (Å²) in [6.07, 6.45) is 10.1. The molecule has 5 heterocycles. The highest BCUT2D eigenvalue weighted by atomic mass is 15.3. The number of hydrogen-bond acceptors (Lipinski definition) is 7. The zero-order valence-corrected chi connectivity index (χ0v) is 17.7. The van der Waals surface area contributed by atoms with E-state index >= 15 is 0 Å². The van der Waals surface area contributed by atoms with Gasteiger partial charge in [-0.3, -0.25) is 0 Å². The Labute approximate surface area is 181 Å². The lowest BCUT2D eigenvalue weighted by Gasteiger charge is -2.36. The molecule has 1 spiro atoms. The van der Waals surface area contributed by atoms with Crippen molar-refractivity contribution in [1.82, 2.24) is 24.8 Å². The fourth-order valence-electron chi connectivity index (χ4n) is 5.30. The van der Waals surface area contributed by atoms with Crippen molar-refractivity contribution in [1.29, 1.82) is 0 Å². The standard InChI is InChI=1S/C23H28N8/c1-2-8-23(9-3-1)16-27-20-7-4-17-14-26-22(29-21(17)31(20)23)28-19-6-5-18(15-25-19)30-12-10-24-11-13-30/h4-7,14-15,24,27H,1-3,8-13,16H2. The summed E-state index contributed by atoms with van der Waals surface area (Å²) in [5.74, 6) is 2.76. The first-order valence-corrected chi connectivity index (χ1v) is 11.4. The Hall–Kier alpha value is -3.00. The molecule has 8 nitrogen and oxygen atoms in total. The second kappa shape index (κ2) is 7.60. The lowest BCUT2D eigenvalue weighted by atomic mass is 9.81. The second-order valence-electron chi connectivity index (χ2n) is 8.86. The zero-order chi connectivity index (χ0) is 20.7. The summed E-state index contributed by atoms with van der Waals surface area (Å²) in [6, 6.07) is 8.30. The van der Waals surface area contributed by atoms with Crippen molar-refractivity contribution in [3.05, 3.63) is 42.3 Å². The third kappa shape index (κ3) is 3.35. The van der Waals surface area contributed by atoms with Crippen molar-refractivity contribution in [2.45, 2.75) is 37.6 Å². The van der Waals surface area contributed by atoms with Crippen LogP contribution < -0.4 is 21.2 Å². The van der Waals surface area contributed by atoms with E-state index in [1.54, 1.807) is 0 Å². The summed E-state index contributed by atoms with van der Waals surface area (Å²) < 4.78 is 2.42. The first kappa shape index (κ1) is 18.7. The number of piperazine rings is 1. The molecule has 1 saturated carbocycles. The van der Waals surface area contributed by atoms with Gasteiger partial charge in [0.1, 0.15) is 11.6 Å². The molecule has 6 rings (SSSR count). The molecule has 1 aromatic rings. The number of anilines is 2. The predicted molar refractivity (Wildman–Crippen MR) is 121 cm³/mol. The largest absolute Gasteiger partial charge is 0.369 e. The minimum absolute atomic E-state index is 0.127. The SMILES string of the molecule is c1cc2n(c3nc(=Nc4ccc(N5CCNCC5)cn4)ncc1-3)C1(CCCCC1)CN2. The Kier molecular flexibility index (Phi) is 4.60. The van der Waals surface area contributed by atoms with Gasteiger partial charge in [-0.25, -0.2) is 9.97 Å². The van der Waals surface area contributed by atoms with Crippen LogP contribution in [0, 0.1) is 0 Å². The Bertz CT molecular complexity index is 1100. The molecular weight excluding hydrogens is 388 g/mol. The fraction of sp³-hybridized carbons (Fsp3) is 0.478. The minimum atomic E-state index is 0.127. The number of rotatable bonds is 2. The van der Waals surface area contributed by atoms with Crippen LogP contribution in [-0.2, 0) is 5.54 Å². The van der Waals surface area contributed by atoms with Gasteiger partial charge < -0.3 is 20.1 Å². The molecular formula is C23H28N8. The maximum atomic E-state index is 4.89. The van der Waals surface area contributed by atoms with E-state index in [9.17, 15) is 0 Å². The van der Waals surface area contributed by atoms with E-state index in [1.165, 1.54) is 32.1 Å². The van der Waals surface area contributed by atoms with Gasteiger partial charge in [-0.1, -0.05) is 19.3 Å². The van der Waals surface area contributed by atoms with E-state index in [1.807, 2.05) is 18.5 Å². The van der Waals surface area contributed by atoms with E-state index in [4.69, 9.17) is 4.98 Å². The van der Waals surface area contributed by atoms with Crippen LogP contribution in [0.4, 0.5) is 17.3 Å². The maximum absolute atomic E-state index is 4.89. The zero-order valence-electron chi connectivity index (χ0n) is 17.7. The molecule has 0 amide bonds. The van der Waals surface area contributed by atoms with Gasteiger partial charge in [0.05, 0.1) is 17.4 Å². The van der Waals surface area contributed by atoms with Gasteiger partial charge in [0, 0.05) is 44.5 Å². The van der Waals surface area contributed by atoms with Crippen molar-refractivity contribution in [2.75, 3.05) is 42.9 Å². The molecule has 2 N–H and O–H groups in total. The molecule has 5 aliphatic rings. The molecule has 0 atom stereocenters. The molecule has 31 heavy (non-hydrogen) atoms. The van der Waals surface area contributed by atoms with Gasteiger partial charge in [-0.15, -0.1) is 0 Å². The second-order valence-corrected chi connectivity index (χ2v) is 8.86. The Balaban J connectivity index is 1.37. The molecule has 0 bridgehead atoms. The first-order valence-electron chi connectivity index (χ1n) is 11.4. The molecule has 2 fully saturated rings. The topological polar surface area (TPSA) is 83.3 Å². The number of hydrogen-bond donors (Lipinski definition) is 2. The monoisotopic (exact) mass is 416 g/mol. The molecule has 1 aliphatic carbocycles. The summed E-state index contributed by atoms with van der Waals surface area (Å²) in [5, 5.41) is 6.99. The van der Waals surface area contributed by atoms with Crippen molar-refractivity contribution < 1.29 is 0 Å². The number of aromatic nitrogens is 4. The summed E-state index contributed by atoms with van der Waals surface area (Å²) >= 11 is 0. The average Bonchev–Trinajstić information content (AvgIpc) is 3.19. The van der Waals surface area contributed by atoms with E-state index in [0.29, 0.717) is 11.4 Å². The lowest BCUT2D eigenvalue weighted by Crippen LogP contribution is -2.43. The Morgan fingerprint density at radius 3 is 2.61 bits per heavy atom. The maximum Gasteiger partial charge on any atom is 0.253 e. The Morgan fingerprint density at radius 2 is 1.81 bits per heavy atom. The Morgan fingerprint density at radius 1 is 0.935 bits per heavy atom. The van der Waals surface area contributed by atoms with Crippen LogP contribution in [-0.4, -0.2) is 52.2 Å². The summed E-state index contributed by atoms with van der Waals surface area (Å²) in [7, 11) is 0. The van der Waals surface area contributed by atoms with Crippen molar-refractivity contribution in [3.8, 4) is 11.4 Å². The molecule has 1 saturated heterocycles. The number of pyridine rings is 2. The fourth-order valence-corrected chi connectivity index (χ4v) is 5.30. The van der Waals surface area contributed by atoms with Crippen LogP contribution in [0.1, 0.15) is 32.1 Å². The highest BCUT2D eigenvalue weighted by Crippen LogP contribution is 2.43. The lowest BCUT2D eigenvalue weighted by molar-refractivity contribution is 0.229. The predicted octanol–water partition coefficient (Wildman–Crippen LogP) is 2.50. The van der Waals surface area contributed by atoms with Crippen LogP contribution in [0.15, 0.2) is 41.7 Å². The van der Waals surface area contributed by atoms with Crippen LogP contribution in [0.3, 0.4) is 0 Å². The van der Waals surface area contributed by atoms with E-state index in [0.717, 1.165) is 55.6 Å². The van der Waals surface area contributed by atoms with Crippen LogP contribution in [0.5, 0.6) is 0 Å². The van der Waals surface area contributed by atoms with E-state index in [-0.39, 0.29) is 5.54 Å². The van der Waals surface area contributed by atoms with E-state index < -0.39 is 0 Å². The smallest absolute Gasteiger partial charge is 0.253 e. The molecule has 1 aromatic heterocycles. The van der Waals surface area contributed by atoms with Gasteiger partial charge in [0.25, 0.3) is 5.62 Å². The number of nitrogens with zero attached hydrogens (tertiary/aromatic N) is 6. The summed E-state index contributed by atoms with van der Waals surface area (Å²) in [4.78, 5) is 20.9. The van der Waals surface area contributed by atoms with Crippen molar-refractivity contribution in [3.63, 3.8) is 0 Å². The van der Waals surface area contributed by atoms with E-state index in [2.05, 4.69) is 53.3 Å². The molecule has 4 aliphatic heterocycles. The highest BCUT2D eigenvalue weighted by molar-refractivity contribution is 5.63. The van der Waals surface area contributed by atoms with Crippen LogP contribution >= 0.6 is 0 Å². The molecule has 8 heteroatoms. The van der Waals surface area contributed by atoms with Crippen molar-refractivity contribution in [2.24, 2.45) is 4.99 Å². The molecule has 160 valence electrons. The molecule has 0 unspecified atom stereocenters. The third-order valence-corrected chi connectivity index (χ3v) is 6.94. The molecule has 0 radical (unpaired) electrons. The third-order valence-electron chi connectivity index (χ3n) is 6.94. The number of nitrogens with one attached hydrogen (secondary N) is 2. The minimum Gasteiger partial charge on any atom is -0.369 e. The van der Waals surface area contributed by atoms with Gasteiger partial charge >= 0.3 is 0 Å². The van der Waals surface area contributed by atoms with Crippen molar-refractivity contribution >= 4 is 17.3 Å². The summed E-state index contributed by atoms with van der Waals surface area (Å²) in [6.45, 7) is 5.01. The van der Waals surface area contributed by atoms with Gasteiger partial charge in [-0.05, 0) is 37.1 Å². The first-order chi connectivity index (χ1) is 15.3. The molecule has 0 aromatic carbocycles.